The minimum Gasteiger partial charge on any atom is -0.484 e. The summed E-state index contributed by atoms with van der Waals surface area (Å²) in [5.74, 6) is 0.774. The van der Waals surface area contributed by atoms with Crippen LogP contribution in [0, 0.1) is 6.92 Å². The number of nitrogens with zero attached hydrogens (tertiary/aromatic N) is 1. The summed E-state index contributed by atoms with van der Waals surface area (Å²) in [6, 6.07) is 7.91. The Morgan fingerprint density at radius 3 is 2.70 bits per heavy atom. The lowest BCUT2D eigenvalue weighted by atomic mass is 10.0. The minimum absolute atomic E-state index is 0. The van der Waals surface area contributed by atoms with Crippen molar-refractivity contribution in [1.29, 1.82) is 0 Å². The molecule has 2 rings (SSSR count). The molecule has 1 heterocycles. The van der Waals surface area contributed by atoms with E-state index in [1.807, 2.05) is 36.1 Å². The average Bonchev–Trinajstić information content (AvgIpc) is 2.46. The molecule has 20 heavy (non-hydrogen) atoms. The van der Waals surface area contributed by atoms with E-state index in [1.54, 1.807) is 0 Å². The fourth-order valence-corrected chi connectivity index (χ4v) is 2.44. The summed E-state index contributed by atoms with van der Waals surface area (Å²) in [5.41, 5.74) is 6.90. The summed E-state index contributed by atoms with van der Waals surface area (Å²) < 4.78 is 5.54. The maximum Gasteiger partial charge on any atom is 0.260 e. The zero-order valence-electron chi connectivity index (χ0n) is 11.9. The Morgan fingerprint density at radius 1 is 1.35 bits per heavy atom. The molecule has 1 saturated heterocycles. The maximum atomic E-state index is 12.2. The third-order valence-electron chi connectivity index (χ3n) is 3.60. The van der Waals surface area contributed by atoms with Gasteiger partial charge in [0.05, 0.1) is 0 Å². The smallest absolute Gasteiger partial charge is 0.260 e. The van der Waals surface area contributed by atoms with E-state index in [0.29, 0.717) is 6.54 Å². The van der Waals surface area contributed by atoms with Crippen LogP contribution >= 0.6 is 12.4 Å². The number of rotatable bonds is 4. The Bertz CT molecular complexity index is 422. The van der Waals surface area contributed by atoms with E-state index in [-0.39, 0.29) is 31.0 Å². The molecule has 1 unspecified atom stereocenters. The number of carbonyl (C=O) groups is 1. The minimum atomic E-state index is 0. The fourth-order valence-electron chi connectivity index (χ4n) is 2.44. The Kier molecular flexibility index (Phi) is 6.82. The molecule has 1 aliphatic rings. The van der Waals surface area contributed by atoms with Crippen LogP contribution in [0.3, 0.4) is 0 Å². The van der Waals surface area contributed by atoms with Crippen LogP contribution in [0.5, 0.6) is 5.75 Å². The van der Waals surface area contributed by atoms with Crippen molar-refractivity contribution in [3.05, 3.63) is 29.8 Å². The van der Waals surface area contributed by atoms with Gasteiger partial charge in [-0.25, -0.2) is 0 Å². The van der Waals surface area contributed by atoms with Gasteiger partial charge in [0.1, 0.15) is 5.75 Å². The van der Waals surface area contributed by atoms with Gasteiger partial charge in [0.25, 0.3) is 5.91 Å². The first kappa shape index (κ1) is 16.8. The Labute approximate surface area is 126 Å². The van der Waals surface area contributed by atoms with Crippen LogP contribution < -0.4 is 10.5 Å². The summed E-state index contributed by atoms with van der Waals surface area (Å²) in [4.78, 5) is 14.0. The molecule has 1 aromatic rings. The third kappa shape index (κ3) is 4.39. The van der Waals surface area contributed by atoms with Crippen LogP contribution in [-0.2, 0) is 4.79 Å². The number of amides is 1. The van der Waals surface area contributed by atoms with Gasteiger partial charge in [-0.2, -0.15) is 0 Å². The highest BCUT2D eigenvalue weighted by atomic mass is 35.5. The summed E-state index contributed by atoms with van der Waals surface area (Å²) in [6.07, 6.45) is 3.23. The topological polar surface area (TPSA) is 55.6 Å². The second-order valence-electron chi connectivity index (χ2n) is 5.07. The summed E-state index contributed by atoms with van der Waals surface area (Å²) in [7, 11) is 0. The highest BCUT2D eigenvalue weighted by Crippen LogP contribution is 2.17. The van der Waals surface area contributed by atoms with Gasteiger partial charge in [0.15, 0.2) is 6.61 Å². The lowest BCUT2D eigenvalue weighted by Gasteiger charge is -2.34. The summed E-state index contributed by atoms with van der Waals surface area (Å²) in [6.45, 7) is 3.46. The third-order valence-corrected chi connectivity index (χ3v) is 3.60. The predicted molar refractivity (Wildman–Crippen MR) is 82.3 cm³/mol. The number of nitrogens with two attached hydrogens (primary N) is 1. The monoisotopic (exact) mass is 298 g/mol. The molecule has 0 bridgehead atoms. The van der Waals surface area contributed by atoms with Gasteiger partial charge < -0.3 is 15.4 Å². The molecule has 2 N–H and O–H groups in total. The highest BCUT2D eigenvalue weighted by Gasteiger charge is 2.25. The molecule has 5 heteroatoms. The van der Waals surface area contributed by atoms with E-state index in [1.165, 1.54) is 5.56 Å². The molecule has 4 nitrogen and oxygen atoms in total. The van der Waals surface area contributed by atoms with Crippen molar-refractivity contribution in [2.24, 2.45) is 5.73 Å². The number of benzene rings is 1. The number of likely N-dealkylation sites (tertiary alicyclic amines) is 1. The molecule has 0 saturated carbocycles. The Hall–Kier alpha value is -1.26. The Balaban J connectivity index is 0.00000200. The molecule has 1 aliphatic heterocycles. The van der Waals surface area contributed by atoms with E-state index in [9.17, 15) is 4.79 Å². The second-order valence-corrected chi connectivity index (χ2v) is 5.07. The van der Waals surface area contributed by atoms with Gasteiger partial charge in [0.2, 0.25) is 0 Å². The molecule has 1 atom stereocenters. The molecule has 0 radical (unpaired) electrons. The van der Waals surface area contributed by atoms with Crippen molar-refractivity contribution in [2.45, 2.75) is 32.2 Å². The van der Waals surface area contributed by atoms with E-state index < -0.39 is 0 Å². The van der Waals surface area contributed by atoms with Crippen LogP contribution in [0.1, 0.15) is 24.8 Å². The predicted octanol–water partition coefficient (Wildman–Crippen LogP) is 2.14. The van der Waals surface area contributed by atoms with Crippen molar-refractivity contribution in [1.82, 2.24) is 4.90 Å². The van der Waals surface area contributed by atoms with Gasteiger partial charge in [-0.15, -0.1) is 12.4 Å². The van der Waals surface area contributed by atoms with Crippen molar-refractivity contribution in [3.63, 3.8) is 0 Å². The highest BCUT2D eigenvalue weighted by molar-refractivity contribution is 5.85. The largest absolute Gasteiger partial charge is 0.484 e. The second kappa shape index (κ2) is 8.12. The van der Waals surface area contributed by atoms with Gasteiger partial charge in [-0.05, 0) is 38.3 Å². The average molecular weight is 299 g/mol. The van der Waals surface area contributed by atoms with Gasteiger partial charge in [-0.1, -0.05) is 17.7 Å². The number of carbonyl (C=O) groups excluding carboxylic acids is 1. The van der Waals surface area contributed by atoms with Crippen LogP contribution in [0.25, 0.3) is 0 Å². The van der Waals surface area contributed by atoms with Crippen LogP contribution in [0.4, 0.5) is 0 Å². The number of ether oxygens (including phenoxy) is 1. The molecule has 0 aliphatic carbocycles. The van der Waals surface area contributed by atoms with Crippen molar-refractivity contribution < 1.29 is 9.53 Å². The lowest BCUT2D eigenvalue weighted by molar-refractivity contribution is -0.136. The van der Waals surface area contributed by atoms with E-state index >= 15 is 0 Å². The van der Waals surface area contributed by atoms with Crippen LogP contribution in [-0.4, -0.2) is 36.5 Å². The first-order valence-corrected chi connectivity index (χ1v) is 6.89. The number of piperidine rings is 1. The zero-order chi connectivity index (χ0) is 13.7. The molecule has 1 fully saturated rings. The Morgan fingerprint density at radius 2 is 2.05 bits per heavy atom. The molecule has 1 aromatic carbocycles. The normalized spacial score (nSPS) is 18.3. The van der Waals surface area contributed by atoms with Crippen molar-refractivity contribution >= 4 is 18.3 Å². The van der Waals surface area contributed by atoms with Gasteiger partial charge in [0, 0.05) is 19.1 Å². The molecule has 0 aromatic heterocycles. The standard InChI is InChI=1S/C15H22N2O2.ClH/c1-12-5-7-14(8-6-12)19-11-15(18)17-9-3-2-4-13(17)10-16;/h5-8,13H,2-4,9-11,16H2,1H3;1H. The molecule has 112 valence electrons. The number of hydrogen-bond acceptors (Lipinski definition) is 3. The van der Waals surface area contributed by atoms with Crippen LogP contribution in [0.2, 0.25) is 0 Å². The van der Waals surface area contributed by atoms with Crippen molar-refractivity contribution in [3.8, 4) is 5.75 Å². The van der Waals surface area contributed by atoms with E-state index in [2.05, 4.69) is 0 Å². The first-order valence-electron chi connectivity index (χ1n) is 6.89. The van der Waals surface area contributed by atoms with Gasteiger partial charge in [-0.3, -0.25) is 4.79 Å². The van der Waals surface area contributed by atoms with Crippen LogP contribution in [0.15, 0.2) is 24.3 Å². The molecular formula is C15H23ClN2O2. The lowest BCUT2D eigenvalue weighted by Crippen LogP contribution is -2.49. The summed E-state index contributed by atoms with van der Waals surface area (Å²) in [5, 5.41) is 0. The summed E-state index contributed by atoms with van der Waals surface area (Å²) >= 11 is 0. The number of hydrogen-bond donors (Lipinski definition) is 1. The molecule has 1 amide bonds. The number of halogens is 1. The molecule has 0 spiro atoms. The zero-order valence-corrected chi connectivity index (χ0v) is 12.7. The van der Waals surface area contributed by atoms with Crippen molar-refractivity contribution in [2.75, 3.05) is 19.7 Å². The fraction of sp³-hybridized carbons (Fsp3) is 0.533. The first-order chi connectivity index (χ1) is 9.20. The SMILES string of the molecule is Cc1ccc(OCC(=O)N2CCCCC2CN)cc1.Cl. The quantitative estimate of drug-likeness (QED) is 0.926. The van der Waals surface area contributed by atoms with E-state index in [0.717, 1.165) is 31.6 Å². The molecular weight excluding hydrogens is 276 g/mol. The van der Waals surface area contributed by atoms with E-state index in [4.69, 9.17) is 10.5 Å². The maximum absolute atomic E-state index is 12.2. The number of aryl methyl sites for hydroxylation is 1. The van der Waals surface area contributed by atoms with Gasteiger partial charge >= 0.3 is 0 Å².